The summed E-state index contributed by atoms with van der Waals surface area (Å²) in [6.07, 6.45) is 0. The van der Waals surface area contributed by atoms with Crippen molar-refractivity contribution in [1.29, 1.82) is 0 Å². The van der Waals surface area contributed by atoms with Gasteiger partial charge in [-0.1, -0.05) is 6.07 Å². The van der Waals surface area contributed by atoms with E-state index in [0.29, 0.717) is 6.07 Å². The van der Waals surface area contributed by atoms with Gasteiger partial charge in [0.15, 0.2) is 25.4 Å². The molecule has 0 bridgehead atoms. The summed E-state index contributed by atoms with van der Waals surface area (Å²) in [5, 5.41) is 25.4. The van der Waals surface area contributed by atoms with Gasteiger partial charge < -0.3 is 10.8 Å². The van der Waals surface area contributed by atoms with Crippen LogP contribution in [0.3, 0.4) is 0 Å². The molecule has 56 heavy (non-hydrogen) atoms. The Labute approximate surface area is 317 Å². The maximum atomic E-state index is 12.6. The topological polar surface area (TPSA) is 400 Å². The van der Waals surface area contributed by atoms with Crippen molar-refractivity contribution < 1.29 is 82.2 Å². The molecule has 0 amide bonds. The van der Waals surface area contributed by atoms with E-state index in [-0.39, 0.29) is 22.1 Å². The Kier molecular flexibility index (Phi) is 12.7. The second-order valence-electron chi connectivity index (χ2n) is 10.8. The van der Waals surface area contributed by atoms with Gasteiger partial charge in [0, 0.05) is 16.5 Å². The van der Waals surface area contributed by atoms with Gasteiger partial charge in [0.2, 0.25) is 0 Å². The average molecular weight is 904 g/mol. The van der Waals surface area contributed by atoms with Crippen LogP contribution in [-0.2, 0) is 69.1 Å². The summed E-state index contributed by atoms with van der Waals surface area (Å²) >= 11 is 0. The van der Waals surface area contributed by atoms with Gasteiger partial charge in [0.1, 0.15) is 21.2 Å². The fraction of sp³-hybridized carbons (Fsp3) is 0.154. The van der Waals surface area contributed by atoms with Gasteiger partial charge in [-0.3, -0.25) is 18.2 Å². The number of phenols is 1. The van der Waals surface area contributed by atoms with Crippen LogP contribution in [0.1, 0.15) is 0 Å². The van der Waals surface area contributed by atoms with E-state index >= 15 is 0 Å². The lowest BCUT2D eigenvalue weighted by atomic mass is 10.1. The molecule has 4 aromatic rings. The van der Waals surface area contributed by atoms with E-state index in [1.165, 1.54) is 12.1 Å². The van der Waals surface area contributed by atoms with Gasteiger partial charge in [0.05, 0.1) is 45.9 Å². The third kappa shape index (κ3) is 11.5. The van der Waals surface area contributed by atoms with Crippen molar-refractivity contribution in [3.63, 3.8) is 0 Å². The number of benzene rings is 4. The molecule has 304 valence electrons. The molecule has 0 aliphatic carbocycles. The van der Waals surface area contributed by atoms with Crippen LogP contribution in [-0.4, -0.2) is 98.5 Å². The molecule has 0 spiro atoms. The standard InChI is InChI=1S/C26H25N5O19S6/c27-15-10-20-19(22(11-15)30-29-21-5-4-18(13-23(21)53(37,38)39)52(35,36)9-7-50-56(46,47)48)14-24(54(40,41)42)25(26(20)32)31-28-16-2-1-3-17(12-16)51(33,34)8-6-49-55(43,44)45/h1-5,10-14,32H,6-9,27H2,(H,37,38,39)(H,40,41,42)(H,43,44,45)(H,46,47,48). The minimum absolute atomic E-state index is 0.177. The number of rotatable bonds is 16. The lowest BCUT2D eigenvalue weighted by Crippen LogP contribution is -2.16. The van der Waals surface area contributed by atoms with Crippen LogP contribution in [0, 0.1) is 0 Å². The lowest BCUT2D eigenvalue weighted by molar-refractivity contribution is 0.282. The molecule has 0 unspecified atom stereocenters. The molecule has 0 aliphatic rings. The highest BCUT2D eigenvalue weighted by Crippen LogP contribution is 2.45. The van der Waals surface area contributed by atoms with Crippen LogP contribution < -0.4 is 5.73 Å². The van der Waals surface area contributed by atoms with Crippen LogP contribution in [0.5, 0.6) is 5.75 Å². The van der Waals surface area contributed by atoms with Crippen molar-refractivity contribution in [2.24, 2.45) is 20.5 Å². The summed E-state index contributed by atoms with van der Waals surface area (Å²) in [4.78, 5) is -3.42. The molecule has 4 aromatic carbocycles. The number of nitrogen functional groups attached to an aromatic ring is 1. The number of hydrogen-bond donors (Lipinski definition) is 6. The molecule has 0 heterocycles. The second kappa shape index (κ2) is 16.1. The predicted octanol–water partition coefficient (Wildman–Crippen LogP) is 2.64. The Morgan fingerprint density at radius 1 is 0.554 bits per heavy atom. The first-order valence-electron chi connectivity index (χ1n) is 14.4. The Balaban J connectivity index is 1.78. The van der Waals surface area contributed by atoms with Crippen molar-refractivity contribution in [3.8, 4) is 5.75 Å². The zero-order chi connectivity index (χ0) is 42.1. The SMILES string of the molecule is Nc1cc(N=Nc2ccc(S(=O)(=O)CCOS(=O)(=O)O)cc2S(=O)(=O)O)c2cc(S(=O)(=O)O)c(N=Nc3cccc(S(=O)(=O)CCOS(=O)(=O)O)c3)c(O)c2c1. The van der Waals surface area contributed by atoms with Crippen molar-refractivity contribution >= 4 is 99.9 Å². The maximum absolute atomic E-state index is 12.6. The van der Waals surface area contributed by atoms with Gasteiger partial charge in [-0.2, -0.15) is 38.8 Å². The number of nitrogens with two attached hydrogens (primary N) is 1. The molecule has 30 heteroatoms. The number of phenolic OH excluding ortho intramolecular Hbond substituents is 1. The first-order chi connectivity index (χ1) is 25.6. The Bertz CT molecular complexity index is 2970. The third-order valence-corrected chi connectivity index (χ3v) is 12.9. The van der Waals surface area contributed by atoms with Crippen LogP contribution in [0.4, 0.5) is 28.4 Å². The quantitative estimate of drug-likeness (QED) is 0.0534. The molecule has 0 saturated heterocycles. The minimum Gasteiger partial charge on any atom is -0.505 e. The molecule has 0 aromatic heterocycles. The van der Waals surface area contributed by atoms with E-state index in [4.69, 9.17) is 14.8 Å². The van der Waals surface area contributed by atoms with E-state index in [1.54, 1.807) is 0 Å². The Morgan fingerprint density at radius 3 is 1.62 bits per heavy atom. The van der Waals surface area contributed by atoms with Gasteiger partial charge in [-0.15, -0.1) is 15.3 Å². The van der Waals surface area contributed by atoms with Gasteiger partial charge in [-0.05, 0) is 54.6 Å². The van der Waals surface area contributed by atoms with Crippen molar-refractivity contribution in [3.05, 3.63) is 60.7 Å². The molecular formula is C26H25N5O19S6. The highest BCUT2D eigenvalue weighted by atomic mass is 32.3. The fourth-order valence-corrected chi connectivity index (χ4v) is 8.90. The normalized spacial score (nSPS) is 13.6. The molecule has 0 aliphatic heterocycles. The highest BCUT2D eigenvalue weighted by molar-refractivity contribution is 7.92. The largest absolute Gasteiger partial charge is 0.505 e. The minimum atomic E-state index is -5.28. The van der Waals surface area contributed by atoms with Crippen LogP contribution in [0.25, 0.3) is 10.8 Å². The summed E-state index contributed by atoms with van der Waals surface area (Å²) < 4.78 is 188. The Morgan fingerprint density at radius 2 is 1.09 bits per heavy atom. The number of aromatic hydroxyl groups is 1. The summed E-state index contributed by atoms with van der Waals surface area (Å²) in [7, 11) is -29.2. The first-order valence-corrected chi connectivity index (χ1v) is 23.3. The average Bonchev–Trinajstić information content (AvgIpc) is 3.04. The number of fused-ring (bicyclic) bond motifs is 1. The van der Waals surface area contributed by atoms with Crippen LogP contribution in [0.2, 0.25) is 0 Å². The van der Waals surface area contributed by atoms with Crippen molar-refractivity contribution in [2.45, 2.75) is 19.6 Å². The van der Waals surface area contributed by atoms with E-state index in [1.807, 2.05) is 0 Å². The molecule has 0 atom stereocenters. The fourth-order valence-electron chi connectivity index (χ4n) is 4.49. The highest BCUT2D eigenvalue weighted by Gasteiger charge is 2.26. The predicted molar refractivity (Wildman–Crippen MR) is 190 cm³/mol. The summed E-state index contributed by atoms with van der Waals surface area (Å²) in [5.41, 5.74) is 3.51. The third-order valence-electron chi connectivity index (χ3n) is 6.89. The van der Waals surface area contributed by atoms with Gasteiger partial charge in [-0.25, -0.2) is 25.2 Å². The number of anilines is 1. The number of sulfone groups is 2. The van der Waals surface area contributed by atoms with E-state index in [0.717, 1.165) is 42.5 Å². The molecule has 7 N–H and O–H groups in total. The van der Waals surface area contributed by atoms with Gasteiger partial charge in [0.25, 0.3) is 20.2 Å². The molecule has 4 rings (SSSR count). The molecule has 0 radical (unpaired) electrons. The molecule has 24 nitrogen and oxygen atoms in total. The first kappa shape index (κ1) is 44.1. The number of hydrogen-bond acceptors (Lipinski definition) is 20. The maximum Gasteiger partial charge on any atom is 0.397 e. The molecular weight excluding hydrogens is 879 g/mol. The second-order valence-corrected chi connectivity index (χ2v) is 20.0. The summed E-state index contributed by atoms with van der Waals surface area (Å²) in [5.74, 6) is -2.96. The number of nitrogens with zero attached hydrogens (tertiary/aromatic N) is 4. The monoisotopic (exact) mass is 903 g/mol. The summed E-state index contributed by atoms with van der Waals surface area (Å²) in [6.45, 7) is -2.01. The number of azo groups is 2. The lowest BCUT2D eigenvalue weighted by Gasteiger charge is -2.11. The molecule has 0 saturated carbocycles. The zero-order valence-corrected chi connectivity index (χ0v) is 32.3. The van der Waals surface area contributed by atoms with Gasteiger partial charge >= 0.3 is 20.8 Å². The summed E-state index contributed by atoms with van der Waals surface area (Å²) in [6, 6.07) is 9.27. The van der Waals surface area contributed by atoms with Crippen LogP contribution in [0.15, 0.2) is 101 Å². The Hall–Kier alpha value is -4.60. The molecule has 0 fully saturated rings. The van der Waals surface area contributed by atoms with E-state index in [2.05, 4.69) is 28.8 Å². The van der Waals surface area contributed by atoms with E-state index < -0.39 is 128 Å². The van der Waals surface area contributed by atoms with Crippen LogP contribution >= 0.6 is 0 Å². The smallest absolute Gasteiger partial charge is 0.397 e. The van der Waals surface area contributed by atoms with Crippen molar-refractivity contribution in [1.82, 2.24) is 0 Å². The van der Waals surface area contributed by atoms with Crippen molar-refractivity contribution in [2.75, 3.05) is 30.5 Å². The zero-order valence-electron chi connectivity index (χ0n) is 27.4. The van der Waals surface area contributed by atoms with E-state index in [9.17, 15) is 64.7 Å².